The summed E-state index contributed by atoms with van der Waals surface area (Å²) in [5.41, 5.74) is -1.23. The van der Waals surface area contributed by atoms with Crippen molar-refractivity contribution in [1.29, 1.82) is 0 Å². The van der Waals surface area contributed by atoms with Crippen molar-refractivity contribution < 1.29 is 23.1 Å². The lowest BCUT2D eigenvalue weighted by Crippen LogP contribution is -2.27. The molecular weight excluding hydrogens is 244 g/mol. The second kappa shape index (κ2) is 5.12. The zero-order valence-corrected chi connectivity index (χ0v) is 10.2. The topological polar surface area (TPSA) is 55.4 Å². The lowest BCUT2D eigenvalue weighted by Gasteiger charge is -2.19. The number of halogens is 2. The third-order valence-electron chi connectivity index (χ3n) is 1.83. The zero-order chi connectivity index (χ0) is 13.9. The highest BCUT2D eigenvalue weighted by atomic mass is 19.2. The molecule has 0 heterocycles. The molecule has 18 heavy (non-hydrogen) atoms. The van der Waals surface area contributed by atoms with Gasteiger partial charge in [0.25, 0.3) is 0 Å². The molecule has 0 spiro atoms. The molecule has 1 N–H and O–H groups in total. The molecule has 0 fully saturated rings. The Labute approximate surface area is 103 Å². The minimum absolute atomic E-state index is 0.0507. The van der Waals surface area contributed by atoms with Crippen molar-refractivity contribution in [2.75, 3.05) is 5.32 Å². The number of aldehydes is 1. The lowest BCUT2D eigenvalue weighted by atomic mass is 10.2. The molecule has 1 aromatic rings. The molecule has 0 atom stereocenters. The van der Waals surface area contributed by atoms with E-state index in [1.165, 1.54) is 0 Å². The monoisotopic (exact) mass is 257 g/mol. The third-order valence-corrected chi connectivity index (χ3v) is 1.83. The highest BCUT2D eigenvalue weighted by Gasteiger charge is 2.17. The Kier molecular flexibility index (Phi) is 4.00. The van der Waals surface area contributed by atoms with Crippen molar-refractivity contribution in [2.24, 2.45) is 0 Å². The van der Waals surface area contributed by atoms with Gasteiger partial charge in [0.1, 0.15) is 5.60 Å². The normalized spacial score (nSPS) is 10.9. The summed E-state index contributed by atoms with van der Waals surface area (Å²) >= 11 is 0. The molecule has 0 saturated carbocycles. The van der Waals surface area contributed by atoms with Crippen molar-refractivity contribution in [2.45, 2.75) is 26.4 Å². The molecule has 0 aliphatic heterocycles. The van der Waals surface area contributed by atoms with Crippen LogP contribution in [0.4, 0.5) is 19.3 Å². The molecule has 6 heteroatoms. The van der Waals surface area contributed by atoms with E-state index in [4.69, 9.17) is 4.74 Å². The first-order valence-electron chi connectivity index (χ1n) is 5.17. The van der Waals surface area contributed by atoms with Crippen molar-refractivity contribution in [1.82, 2.24) is 0 Å². The Balaban J connectivity index is 2.89. The van der Waals surface area contributed by atoms with Gasteiger partial charge in [-0.25, -0.2) is 13.6 Å². The summed E-state index contributed by atoms with van der Waals surface area (Å²) in [6, 6.07) is 1.79. The van der Waals surface area contributed by atoms with E-state index in [1.54, 1.807) is 20.8 Å². The van der Waals surface area contributed by atoms with Gasteiger partial charge in [-0.3, -0.25) is 10.1 Å². The van der Waals surface area contributed by atoms with E-state index in [2.05, 4.69) is 5.32 Å². The van der Waals surface area contributed by atoms with Gasteiger partial charge in [0.15, 0.2) is 17.9 Å². The Morgan fingerprint density at radius 3 is 2.44 bits per heavy atom. The maximum Gasteiger partial charge on any atom is 0.412 e. The van der Waals surface area contributed by atoms with Gasteiger partial charge in [0.2, 0.25) is 0 Å². The average molecular weight is 257 g/mol. The van der Waals surface area contributed by atoms with Gasteiger partial charge in [0, 0.05) is 11.8 Å². The molecule has 98 valence electrons. The van der Waals surface area contributed by atoms with E-state index in [0.29, 0.717) is 0 Å². The van der Waals surface area contributed by atoms with Crippen LogP contribution in [-0.2, 0) is 4.74 Å². The van der Waals surface area contributed by atoms with Crippen LogP contribution in [0, 0.1) is 11.6 Å². The number of nitrogens with one attached hydrogen (secondary N) is 1. The summed E-state index contributed by atoms with van der Waals surface area (Å²) in [7, 11) is 0. The molecule has 4 nitrogen and oxygen atoms in total. The molecule has 0 saturated heterocycles. The third kappa shape index (κ3) is 3.80. The molecule has 1 aromatic carbocycles. The van der Waals surface area contributed by atoms with E-state index < -0.39 is 28.9 Å². The van der Waals surface area contributed by atoms with Crippen LogP contribution < -0.4 is 5.32 Å². The summed E-state index contributed by atoms with van der Waals surface area (Å²) in [4.78, 5) is 21.9. The lowest BCUT2D eigenvalue weighted by molar-refractivity contribution is 0.0635. The zero-order valence-electron chi connectivity index (χ0n) is 10.2. The largest absolute Gasteiger partial charge is 0.444 e. The van der Waals surface area contributed by atoms with Crippen LogP contribution in [0.25, 0.3) is 0 Å². The van der Waals surface area contributed by atoms with Gasteiger partial charge >= 0.3 is 6.09 Å². The molecule has 0 aliphatic rings. The van der Waals surface area contributed by atoms with E-state index in [1.807, 2.05) is 0 Å². The van der Waals surface area contributed by atoms with E-state index in [-0.39, 0.29) is 12.0 Å². The molecular formula is C12H13F2NO3. The minimum Gasteiger partial charge on any atom is -0.444 e. The van der Waals surface area contributed by atoms with E-state index in [9.17, 15) is 18.4 Å². The fraction of sp³-hybridized carbons (Fsp3) is 0.333. The molecule has 1 rings (SSSR count). The second-order valence-electron chi connectivity index (χ2n) is 4.61. The van der Waals surface area contributed by atoms with Crippen molar-refractivity contribution in [3.8, 4) is 0 Å². The van der Waals surface area contributed by atoms with Crippen LogP contribution in [0.15, 0.2) is 12.1 Å². The maximum absolute atomic E-state index is 13.1. The molecule has 1 amide bonds. The van der Waals surface area contributed by atoms with Gasteiger partial charge in [-0.2, -0.15) is 0 Å². The highest BCUT2D eigenvalue weighted by Crippen LogP contribution is 2.18. The molecule has 0 aliphatic carbocycles. The van der Waals surface area contributed by atoms with Gasteiger partial charge in [0.05, 0.1) is 5.56 Å². The number of ether oxygens (including phenoxy) is 1. The summed E-state index contributed by atoms with van der Waals surface area (Å²) in [5.74, 6) is -2.47. The SMILES string of the molecule is CC(C)(C)OC(=O)Nc1cc(F)c(F)c(C=O)c1. The molecule has 0 bridgehead atoms. The van der Waals surface area contributed by atoms with Crippen LogP contribution in [-0.4, -0.2) is 18.0 Å². The first kappa shape index (κ1) is 14.1. The smallest absolute Gasteiger partial charge is 0.412 e. The van der Waals surface area contributed by atoms with Gasteiger partial charge < -0.3 is 4.74 Å². The number of benzene rings is 1. The molecule has 0 unspecified atom stereocenters. The number of carbonyl (C=O) groups excluding carboxylic acids is 2. The summed E-state index contributed by atoms with van der Waals surface area (Å²) in [6.45, 7) is 4.98. The van der Waals surface area contributed by atoms with Crippen molar-refractivity contribution in [3.63, 3.8) is 0 Å². The fourth-order valence-electron chi connectivity index (χ4n) is 1.19. The number of carbonyl (C=O) groups is 2. The van der Waals surface area contributed by atoms with Crippen molar-refractivity contribution >= 4 is 18.1 Å². The van der Waals surface area contributed by atoms with Crippen LogP contribution in [0.2, 0.25) is 0 Å². The van der Waals surface area contributed by atoms with Crippen LogP contribution in [0.3, 0.4) is 0 Å². The van der Waals surface area contributed by atoms with Crippen molar-refractivity contribution in [3.05, 3.63) is 29.3 Å². The predicted octanol–water partition coefficient (Wildman–Crippen LogP) is 3.12. The van der Waals surface area contributed by atoms with Gasteiger partial charge in [-0.05, 0) is 26.8 Å². The van der Waals surface area contributed by atoms with Crippen LogP contribution in [0.1, 0.15) is 31.1 Å². The van der Waals surface area contributed by atoms with Crippen LogP contribution in [0.5, 0.6) is 0 Å². The first-order chi connectivity index (χ1) is 8.23. The number of amides is 1. The highest BCUT2D eigenvalue weighted by molar-refractivity contribution is 5.87. The Bertz CT molecular complexity index is 481. The summed E-state index contributed by atoms with van der Waals surface area (Å²) in [5, 5.41) is 2.21. The summed E-state index contributed by atoms with van der Waals surface area (Å²) < 4.78 is 31.1. The van der Waals surface area contributed by atoms with E-state index in [0.717, 1.165) is 12.1 Å². The fourth-order valence-corrected chi connectivity index (χ4v) is 1.19. The minimum atomic E-state index is -1.25. The number of anilines is 1. The Morgan fingerprint density at radius 1 is 1.33 bits per heavy atom. The number of hydrogen-bond acceptors (Lipinski definition) is 3. The Morgan fingerprint density at radius 2 is 1.94 bits per heavy atom. The predicted molar refractivity (Wildman–Crippen MR) is 61.6 cm³/mol. The average Bonchev–Trinajstić information content (AvgIpc) is 2.20. The standard InChI is InChI=1S/C12H13F2NO3/c1-12(2,3)18-11(17)15-8-4-7(6-16)10(14)9(13)5-8/h4-6H,1-3H3,(H,15,17). The maximum atomic E-state index is 13.1. The van der Waals surface area contributed by atoms with E-state index >= 15 is 0 Å². The quantitative estimate of drug-likeness (QED) is 0.828. The molecule has 0 radical (unpaired) electrons. The van der Waals surface area contributed by atoms with Crippen LogP contribution >= 0.6 is 0 Å². The molecule has 0 aromatic heterocycles. The van der Waals surface area contributed by atoms with Gasteiger partial charge in [-0.15, -0.1) is 0 Å². The van der Waals surface area contributed by atoms with Gasteiger partial charge in [-0.1, -0.05) is 0 Å². The second-order valence-corrected chi connectivity index (χ2v) is 4.61. The number of hydrogen-bond donors (Lipinski definition) is 1. The first-order valence-corrected chi connectivity index (χ1v) is 5.17. The summed E-state index contributed by atoms with van der Waals surface area (Å²) in [6.07, 6.45) is -0.649. The number of rotatable bonds is 2. The Hall–Kier alpha value is -1.98.